The van der Waals surface area contributed by atoms with Crippen molar-refractivity contribution in [1.82, 2.24) is 0 Å². The fraction of sp³-hybridized carbons (Fsp3) is 0.125. The molecule has 8 aromatic rings. The molecular formula is C48H28O30. The Kier molecular flexibility index (Phi) is 10.3. The van der Waals surface area contributed by atoms with Gasteiger partial charge in [0, 0.05) is 44.2 Å². The molecule has 0 saturated carbocycles. The highest BCUT2D eigenvalue weighted by atomic mass is 16.7. The number of carbonyl (C=O) groups is 4. The molecule has 0 amide bonds. The first kappa shape index (κ1) is 49.1. The van der Waals surface area contributed by atoms with E-state index in [0.717, 1.165) is 0 Å². The Labute approximate surface area is 424 Å². The minimum atomic E-state index is -2.70. The van der Waals surface area contributed by atoms with Gasteiger partial charge in [-0.25, -0.2) is 28.8 Å². The Morgan fingerprint density at radius 3 is 1.03 bits per heavy atom. The molecule has 3 aliphatic rings. The maximum absolute atomic E-state index is 15.0. The van der Waals surface area contributed by atoms with Crippen molar-refractivity contribution in [2.75, 3.05) is 6.61 Å². The molecule has 0 unspecified atom stereocenters. The van der Waals surface area contributed by atoms with E-state index in [4.69, 9.17) is 32.5 Å². The molecule has 2 aromatic heterocycles. The summed E-state index contributed by atoms with van der Waals surface area (Å²) in [6, 6.07) is 1.42. The van der Waals surface area contributed by atoms with Crippen LogP contribution in [0, 0.1) is 0 Å². The first-order valence-electron chi connectivity index (χ1n) is 21.7. The van der Waals surface area contributed by atoms with Crippen molar-refractivity contribution in [3.8, 4) is 125 Å². The van der Waals surface area contributed by atoms with E-state index >= 15 is 0 Å². The second-order valence-corrected chi connectivity index (χ2v) is 17.4. The van der Waals surface area contributed by atoms with Crippen LogP contribution in [0.2, 0.25) is 0 Å². The number of carbonyl (C=O) groups excluding carboxylic acids is 4. The number of cyclic esters (lactones) is 1. The fourth-order valence-electron chi connectivity index (χ4n) is 9.72. The van der Waals surface area contributed by atoms with E-state index in [0.29, 0.717) is 24.3 Å². The van der Waals surface area contributed by atoms with Gasteiger partial charge in [-0.3, -0.25) is 0 Å². The van der Waals surface area contributed by atoms with Crippen molar-refractivity contribution >= 4 is 56.6 Å². The van der Waals surface area contributed by atoms with Gasteiger partial charge >= 0.3 is 35.1 Å². The SMILES string of the molecule is O=C1O[C@@H]2[C@@H](OC(=O)c3cc(O)c(O)c(O)c3-c3c1cc(O)c(O)c3O)[C@H](O)O[C@H]1COC(=O)c3cc(O)c(O)c(O)c3-c3c(O)c(O)c4oc(=O)c5c(c(O)c(O)c6oc(=O)c3c4c65)-c3c(cc(O)c(O)c3O)C(=O)O[C@@H]21. The lowest BCUT2D eigenvalue weighted by molar-refractivity contribution is -0.284. The van der Waals surface area contributed by atoms with Crippen molar-refractivity contribution < 1.29 is 139 Å². The molecule has 5 heterocycles. The summed E-state index contributed by atoms with van der Waals surface area (Å²) in [5, 5.41) is 185. The molecule has 30 heteroatoms. The van der Waals surface area contributed by atoms with Crippen LogP contribution in [0.15, 0.2) is 42.7 Å². The quantitative estimate of drug-likeness (QED) is 0.0339. The van der Waals surface area contributed by atoms with Crippen LogP contribution >= 0.6 is 0 Å². The number of benzene rings is 6. The third-order valence-corrected chi connectivity index (χ3v) is 13.2. The van der Waals surface area contributed by atoms with Crippen LogP contribution in [-0.2, 0) is 23.7 Å². The van der Waals surface area contributed by atoms with Crippen LogP contribution in [0.4, 0.5) is 0 Å². The van der Waals surface area contributed by atoms with Crippen LogP contribution in [-0.4, -0.2) is 148 Å². The average Bonchev–Trinajstić information content (AvgIpc) is 3.30. The van der Waals surface area contributed by atoms with Gasteiger partial charge in [-0.15, -0.1) is 0 Å². The highest BCUT2D eigenvalue weighted by Crippen LogP contribution is 2.59. The van der Waals surface area contributed by atoms with Crippen molar-refractivity contribution in [2.24, 2.45) is 0 Å². The molecule has 0 spiro atoms. The Morgan fingerprint density at radius 2 is 0.654 bits per heavy atom. The molecule has 17 N–H and O–H groups in total. The molecule has 6 aromatic carbocycles. The Morgan fingerprint density at radius 1 is 0.346 bits per heavy atom. The van der Waals surface area contributed by atoms with Crippen LogP contribution in [0.25, 0.3) is 66.1 Å². The second-order valence-electron chi connectivity index (χ2n) is 17.4. The van der Waals surface area contributed by atoms with E-state index in [2.05, 4.69) is 0 Å². The molecule has 1 fully saturated rings. The predicted octanol–water partition coefficient (Wildman–Crippen LogP) is 1.96. The van der Waals surface area contributed by atoms with Crippen molar-refractivity contribution in [3.63, 3.8) is 0 Å². The number of phenols is 16. The molecule has 3 aliphatic heterocycles. The number of hydrogen-bond donors (Lipinski definition) is 17. The Bertz CT molecular complexity index is 4240. The summed E-state index contributed by atoms with van der Waals surface area (Å²) in [6.07, 6.45) is -12.9. The molecule has 11 rings (SSSR count). The number of fused-ring (bicyclic) bond motifs is 10. The first-order chi connectivity index (χ1) is 36.8. The smallest absolute Gasteiger partial charge is 0.345 e. The van der Waals surface area contributed by atoms with E-state index in [1.54, 1.807) is 0 Å². The lowest BCUT2D eigenvalue weighted by Gasteiger charge is -2.43. The zero-order valence-electron chi connectivity index (χ0n) is 37.8. The molecule has 0 aliphatic carbocycles. The standard InChI is InChI=1S/C48H28O30/c49-10-1-6-17(31(59)27(10)55)19-23-21-22-24(47(70)76-38(21)35(63)33(19)61)20(34(62)36(64)39(22)75-46(23)69)18-9(4-13(52)28(56)32(18)60)43(66)74-37-14(5-72-42(6)65)73-48(71)41-40(37)77-44(67)7-2-11(50)25(53)29(57)15(7)16-8(45(68)78-41)3-12(51)26(54)30(16)58/h1-4,14,37,40-41,48-64,71H,5H2/t14-,37+,40-,41+,48+/m0/s1. The zero-order chi connectivity index (χ0) is 56.3. The molecule has 0 radical (unpaired) electrons. The summed E-state index contributed by atoms with van der Waals surface area (Å²) in [6.45, 7) is -1.46. The molecule has 6 bridgehead atoms. The molecule has 5 atom stereocenters. The number of ether oxygens (including phenoxy) is 5. The molecule has 78 heavy (non-hydrogen) atoms. The fourth-order valence-corrected chi connectivity index (χ4v) is 9.72. The number of rotatable bonds is 0. The van der Waals surface area contributed by atoms with Crippen molar-refractivity contribution in [3.05, 3.63) is 67.4 Å². The lowest BCUT2D eigenvalue weighted by atomic mass is 9.88. The minimum Gasteiger partial charge on any atom is -0.504 e. The van der Waals surface area contributed by atoms with Gasteiger partial charge in [0.2, 0.25) is 34.5 Å². The predicted molar refractivity (Wildman–Crippen MR) is 245 cm³/mol. The van der Waals surface area contributed by atoms with E-state index in [-0.39, 0.29) is 0 Å². The zero-order valence-corrected chi connectivity index (χ0v) is 37.8. The van der Waals surface area contributed by atoms with Crippen molar-refractivity contribution in [2.45, 2.75) is 30.7 Å². The summed E-state index contributed by atoms with van der Waals surface area (Å²) in [4.78, 5) is 86.6. The van der Waals surface area contributed by atoms with E-state index < -0.39 is 253 Å². The largest absolute Gasteiger partial charge is 0.504 e. The van der Waals surface area contributed by atoms with Gasteiger partial charge in [0.1, 0.15) is 12.7 Å². The number of aliphatic hydroxyl groups excluding tert-OH is 1. The molecular weight excluding hydrogens is 1060 g/mol. The summed E-state index contributed by atoms with van der Waals surface area (Å²) in [5.74, 6) is -31.1. The third kappa shape index (κ3) is 6.49. The van der Waals surface area contributed by atoms with E-state index in [9.17, 15) is 116 Å². The summed E-state index contributed by atoms with van der Waals surface area (Å²) < 4.78 is 38.5. The maximum atomic E-state index is 15.0. The van der Waals surface area contributed by atoms with Crippen molar-refractivity contribution in [1.29, 1.82) is 0 Å². The lowest BCUT2D eigenvalue weighted by Crippen LogP contribution is -2.62. The minimum absolute atomic E-state index is 0.293. The maximum Gasteiger partial charge on any atom is 0.345 e. The molecule has 400 valence electrons. The molecule has 1 saturated heterocycles. The van der Waals surface area contributed by atoms with Gasteiger partial charge in [0.15, 0.2) is 93.3 Å². The number of aliphatic hydroxyl groups is 1. The molecule has 30 nitrogen and oxygen atoms in total. The highest BCUT2D eigenvalue weighted by Gasteiger charge is 2.54. The summed E-state index contributed by atoms with van der Waals surface area (Å²) in [7, 11) is 0. The summed E-state index contributed by atoms with van der Waals surface area (Å²) >= 11 is 0. The number of hydrogen-bond acceptors (Lipinski definition) is 30. The van der Waals surface area contributed by atoms with Crippen LogP contribution in [0.5, 0.6) is 92.0 Å². The van der Waals surface area contributed by atoms with Gasteiger partial charge in [0.05, 0.1) is 33.0 Å². The Balaban J connectivity index is 1.22. The number of aromatic hydroxyl groups is 16. The van der Waals surface area contributed by atoms with Gasteiger partial charge in [-0.05, 0) is 24.3 Å². The third-order valence-electron chi connectivity index (χ3n) is 13.2. The topological polar surface area (TPSA) is 519 Å². The average molecular weight is 1080 g/mol. The van der Waals surface area contributed by atoms with Gasteiger partial charge in [-0.2, -0.15) is 0 Å². The highest BCUT2D eigenvalue weighted by molar-refractivity contribution is 6.29. The summed E-state index contributed by atoms with van der Waals surface area (Å²) in [5.41, 5.74) is -17.8. The van der Waals surface area contributed by atoms with Gasteiger partial charge in [0.25, 0.3) is 0 Å². The number of phenolic OH excluding ortho intramolecular Hbond substituents is 16. The van der Waals surface area contributed by atoms with Crippen LogP contribution in [0.3, 0.4) is 0 Å². The van der Waals surface area contributed by atoms with Crippen LogP contribution < -0.4 is 11.3 Å². The Hall–Kier alpha value is -11.1. The number of esters is 4. The van der Waals surface area contributed by atoms with E-state index in [1.807, 2.05) is 0 Å². The van der Waals surface area contributed by atoms with Gasteiger partial charge in [-0.1, -0.05) is 0 Å². The normalized spacial score (nSPS) is 19.3. The van der Waals surface area contributed by atoms with E-state index in [1.165, 1.54) is 0 Å². The van der Waals surface area contributed by atoms with Gasteiger partial charge < -0.3 is 119 Å². The van der Waals surface area contributed by atoms with Crippen LogP contribution in [0.1, 0.15) is 41.4 Å². The first-order valence-corrected chi connectivity index (χ1v) is 21.7. The second kappa shape index (κ2) is 16.4. The monoisotopic (exact) mass is 1080 g/mol.